The molecule has 2 aromatic carbocycles. The molecular formula is C20H19N5O4S. The first kappa shape index (κ1) is 21.1. The van der Waals surface area contributed by atoms with Gasteiger partial charge < -0.3 is 0 Å². The van der Waals surface area contributed by atoms with Gasteiger partial charge in [-0.05, 0) is 30.7 Å². The average Bonchev–Trinajstić information content (AvgIpc) is 2.77. The molecule has 0 radical (unpaired) electrons. The van der Waals surface area contributed by atoms with E-state index in [0.717, 1.165) is 5.56 Å². The Kier molecular flexibility index (Phi) is 6.50. The van der Waals surface area contributed by atoms with E-state index < -0.39 is 21.8 Å². The lowest BCUT2D eigenvalue weighted by molar-refractivity contribution is 0.0843. The Morgan fingerprint density at radius 3 is 2.33 bits per heavy atom. The zero-order valence-corrected chi connectivity index (χ0v) is 16.8. The highest BCUT2D eigenvalue weighted by molar-refractivity contribution is 7.89. The molecule has 1 heterocycles. The monoisotopic (exact) mass is 425 g/mol. The van der Waals surface area contributed by atoms with E-state index in [-0.39, 0.29) is 22.7 Å². The molecule has 0 atom stereocenters. The van der Waals surface area contributed by atoms with E-state index in [9.17, 15) is 18.0 Å². The van der Waals surface area contributed by atoms with Gasteiger partial charge in [0, 0.05) is 18.3 Å². The summed E-state index contributed by atoms with van der Waals surface area (Å²) < 4.78 is 27.6. The Morgan fingerprint density at radius 1 is 0.900 bits per heavy atom. The number of aromatic nitrogens is 2. The van der Waals surface area contributed by atoms with Gasteiger partial charge in [0.1, 0.15) is 5.69 Å². The molecule has 0 saturated heterocycles. The van der Waals surface area contributed by atoms with Crippen LogP contribution in [0, 0.1) is 6.92 Å². The molecule has 2 amide bonds. The average molecular weight is 425 g/mol. The fourth-order valence-electron chi connectivity index (χ4n) is 2.42. The van der Waals surface area contributed by atoms with Crippen molar-refractivity contribution in [2.75, 3.05) is 0 Å². The Morgan fingerprint density at radius 2 is 1.63 bits per heavy atom. The minimum Gasteiger partial charge on any atom is -0.267 e. The van der Waals surface area contributed by atoms with Gasteiger partial charge in [-0.1, -0.05) is 36.4 Å². The van der Waals surface area contributed by atoms with Crippen LogP contribution in [-0.4, -0.2) is 30.2 Å². The number of benzene rings is 2. The largest absolute Gasteiger partial charge is 0.289 e. The standard InChI is InChI=1S/C20H19N5O4S/c1-14-11-22-18(13-21-14)20(27)25-24-19(26)16-8-5-9-17(10-16)30(28,29)23-12-15-6-3-2-4-7-15/h2-11,13,23H,12H2,1H3,(H,24,26)(H,25,27). The maximum Gasteiger partial charge on any atom is 0.289 e. The molecule has 30 heavy (non-hydrogen) atoms. The highest BCUT2D eigenvalue weighted by Crippen LogP contribution is 2.12. The first-order valence-corrected chi connectivity index (χ1v) is 10.4. The molecule has 3 aromatic rings. The Bertz CT molecular complexity index is 1150. The summed E-state index contributed by atoms with van der Waals surface area (Å²) in [6.07, 6.45) is 2.70. The summed E-state index contributed by atoms with van der Waals surface area (Å²) in [5, 5.41) is 0. The van der Waals surface area contributed by atoms with Crippen LogP contribution in [0.5, 0.6) is 0 Å². The second-order valence-electron chi connectivity index (χ2n) is 6.29. The summed E-state index contributed by atoms with van der Waals surface area (Å²) in [5.41, 5.74) is 5.99. The van der Waals surface area contributed by atoms with Crippen LogP contribution in [0.3, 0.4) is 0 Å². The normalized spacial score (nSPS) is 11.0. The van der Waals surface area contributed by atoms with Gasteiger partial charge in [-0.3, -0.25) is 25.4 Å². The summed E-state index contributed by atoms with van der Waals surface area (Å²) in [5.74, 6) is -1.33. The second-order valence-corrected chi connectivity index (χ2v) is 8.06. The van der Waals surface area contributed by atoms with Gasteiger partial charge in [0.05, 0.1) is 16.8 Å². The highest BCUT2D eigenvalue weighted by Gasteiger charge is 2.17. The van der Waals surface area contributed by atoms with Crippen LogP contribution >= 0.6 is 0 Å². The van der Waals surface area contributed by atoms with Crippen molar-refractivity contribution < 1.29 is 18.0 Å². The van der Waals surface area contributed by atoms with Crippen molar-refractivity contribution in [1.82, 2.24) is 25.5 Å². The fraction of sp³-hybridized carbons (Fsp3) is 0.100. The molecule has 0 unspecified atom stereocenters. The third-order valence-corrected chi connectivity index (χ3v) is 5.42. The van der Waals surface area contributed by atoms with E-state index in [4.69, 9.17) is 0 Å². The second kappa shape index (κ2) is 9.25. The number of rotatable bonds is 6. The number of amides is 2. The number of carbonyl (C=O) groups excluding carboxylic acids is 2. The number of sulfonamides is 1. The number of aryl methyl sites for hydroxylation is 1. The maximum atomic E-state index is 12.5. The number of nitrogens with one attached hydrogen (secondary N) is 3. The fourth-order valence-corrected chi connectivity index (χ4v) is 3.48. The van der Waals surface area contributed by atoms with Crippen molar-refractivity contribution in [2.45, 2.75) is 18.4 Å². The molecule has 0 aliphatic heterocycles. The lowest BCUT2D eigenvalue weighted by atomic mass is 10.2. The Balaban J connectivity index is 1.64. The lowest BCUT2D eigenvalue weighted by Crippen LogP contribution is -2.42. The van der Waals surface area contributed by atoms with Gasteiger partial charge in [0.2, 0.25) is 10.0 Å². The molecule has 9 nitrogen and oxygen atoms in total. The molecule has 154 valence electrons. The van der Waals surface area contributed by atoms with Crippen LogP contribution in [0.25, 0.3) is 0 Å². The zero-order chi connectivity index (χ0) is 21.6. The van der Waals surface area contributed by atoms with Gasteiger partial charge in [-0.2, -0.15) is 0 Å². The third kappa shape index (κ3) is 5.46. The number of hydrazine groups is 1. The minimum atomic E-state index is -3.83. The first-order chi connectivity index (χ1) is 14.3. The van der Waals surface area contributed by atoms with Gasteiger partial charge >= 0.3 is 0 Å². The van der Waals surface area contributed by atoms with Crippen molar-refractivity contribution in [2.24, 2.45) is 0 Å². The summed E-state index contributed by atoms with van der Waals surface area (Å²) >= 11 is 0. The molecule has 0 bridgehead atoms. The lowest BCUT2D eigenvalue weighted by Gasteiger charge is -2.10. The molecule has 0 aliphatic carbocycles. The maximum absolute atomic E-state index is 12.5. The predicted molar refractivity (Wildman–Crippen MR) is 109 cm³/mol. The van der Waals surface area contributed by atoms with Crippen LogP contribution in [0.15, 0.2) is 71.9 Å². The van der Waals surface area contributed by atoms with Crippen molar-refractivity contribution in [1.29, 1.82) is 0 Å². The molecule has 10 heteroatoms. The quantitative estimate of drug-likeness (QED) is 0.511. The third-order valence-electron chi connectivity index (χ3n) is 4.02. The van der Waals surface area contributed by atoms with E-state index >= 15 is 0 Å². The summed E-state index contributed by atoms with van der Waals surface area (Å²) in [6, 6.07) is 14.5. The smallest absolute Gasteiger partial charge is 0.267 e. The topological polar surface area (TPSA) is 130 Å². The number of carbonyl (C=O) groups is 2. The molecule has 3 N–H and O–H groups in total. The van der Waals surface area contributed by atoms with E-state index in [2.05, 4.69) is 25.5 Å². The summed E-state index contributed by atoms with van der Waals surface area (Å²) in [6.45, 7) is 1.85. The van der Waals surface area contributed by atoms with E-state index in [1.54, 1.807) is 19.1 Å². The highest BCUT2D eigenvalue weighted by atomic mass is 32.2. The van der Waals surface area contributed by atoms with Crippen molar-refractivity contribution in [3.05, 3.63) is 89.5 Å². The molecule has 3 rings (SSSR count). The number of hydrogen-bond acceptors (Lipinski definition) is 6. The Labute approximate surface area is 173 Å². The van der Waals surface area contributed by atoms with Crippen molar-refractivity contribution in [3.8, 4) is 0 Å². The summed E-state index contributed by atoms with van der Waals surface area (Å²) in [7, 11) is -3.83. The molecule has 0 spiro atoms. The molecule has 1 aromatic heterocycles. The van der Waals surface area contributed by atoms with E-state index in [0.29, 0.717) is 5.69 Å². The van der Waals surface area contributed by atoms with Crippen molar-refractivity contribution >= 4 is 21.8 Å². The molecule has 0 aliphatic rings. The van der Waals surface area contributed by atoms with Gasteiger partial charge in [-0.15, -0.1) is 0 Å². The van der Waals surface area contributed by atoms with E-state index in [1.807, 2.05) is 18.2 Å². The van der Waals surface area contributed by atoms with Gasteiger partial charge in [0.25, 0.3) is 11.8 Å². The first-order valence-electron chi connectivity index (χ1n) is 8.88. The SMILES string of the molecule is Cc1cnc(C(=O)NNC(=O)c2cccc(S(=O)(=O)NCc3ccccc3)c2)cn1. The van der Waals surface area contributed by atoms with Crippen LogP contribution < -0.4 is 15.6 Å². The van der Waals surface area contributed by atoms with Crippen LogP contribution in [0.1, 0.15) is 32.1 Å². The van der Waals surface area contributed by atoms with Crippen LogP contribution in [0.2, 0.25) is 0 Å². The molecule has 0 saturated carbocycles. The van der Waals surface area contributed by atoms with E-state index in [1.165, 1.54) is 36.7 Å². The number of nitrogens with zero attached hydrogens (tertiary/aromatic N) is 2. The summed E-state index contributed by atoms with van der Waals surface area (Å²) in [4.78, 5) is 32.1. The molecular weight excluding hydrogens is 406 g/mol. The zero-order valence-electron chi connectivity index (χ0n) is 16.0. The van der Waals surface area contributed by atoms with Crippen molar-refractivity contribution in [3.63, 3.8) is 0 Å². The Hall–Kier alpha value is -3.63. The minimum absolute atomic E-state index is 0.0299. The number of hydrogen-bond donors (Lipinski definition) is 3. The van der Waals surface area contributed by atoms with Crippen LogP contribution in [0.4, 0.5) is 0 Å². The van der Waals surface area contributed by atoms with Gasteiger partial charge in [0.15, 0.2) is 0 Å². The van der Waals surface area contributed by atoms with Crippen LogP contribution in [-0.2, 0) is 16.6 Å². The van der Waals surface area contributed by atoms with Gasteiger partial charge in [-0.25, -0.2) is 18.1 Å². The molecule has 0 fully saturated rings. The predicted octanol–water partition coefficient (Wildman–Crippen LogP) is 1.34.